The molecule has 0 saturated carbocycles. The van der Waals surface area contributed by atoms with Crippen LogP contribution in [0.3, 0.4) is 0 Å². The first-order valence-corrected chi connectivity index (χ1v) is 7.44. The van der Waals surface area contributed by atoms with Gasteiger partial charge in [0.2, 0.25) is 0 Å². The summed E-state index contributed by atoms with van der Waals surface area (Å²) in [6.07, 6.45) is 5.59. The summed E-state index contributed by atoms with van der Waals surface area (Å²) in [6.45, 7) is 1.64. The smallest absolute Gasteiger partial charge is 0.127 e. The molecule has 1 aromatic rings. The zero-order chi connectivity index (χ0) is 13.2. The molecule has 0 aliphatic carbocycles. The van der Waals surface area contributed by atoms with Crippen molar-refractivity contribution in [2.24, 2.45) is 5.73 Å². The van der Waals surface area contributed by atoms with Gasteiger partial charge in [0.25, 0.3) is 0 Å². The van der Waals surface area contributed by atoms with E-state index < -0.39 is 0 Å². The monoisotopic (exact) mass is 281 g/mol. The first-order chi connectivity index (χ1) is 9.24. The molecule has 2 heterocycles. The molecule has 2 unspecified atom stereocenters. The second-order valence-corrected chi connectivity index (χ2v) is 5.84. The molecule has 3 rings (SSSR count). The fourth-order valence-corrected chi connectivity index (χ4v) is 3.22. The molecular weight excluding hydrogens is 262 g/mol. The van der Waals surface area contributed by atoms with Gasteiger partial charge in [-0.15, -0.1) is 0 Å². The summed E-state index contributed by atoms with van der Waals surface area (Å²) >= 11 is 6.16. The van der Waals surface area contributed by atoms with E-state index in [0.29, 0.717) is 6.10 Å². The molecule has 0 bridgehead atoms. The summed E-state index contributed by atoms with van der Waals surface area (Å²) in [6, 6.07) is 3.92. The fraction of sp³-hybridized carbons (Fsp3) is 0.600. The maximum atomic E-state index is 6.32. The molecule has 1 fully saturated rings. The van der Waals surface area contributed by atoms with Crippen LogP contribution in [0.2, 0.25) is 5.02 Å². The predicted molar refractivity (Wildman–Crippen MR) is 75.8 cm³/mol. The van der Waals surface area contributed by atoms with Crippen molar-refractivity contribution in [1.29, 1.82) is 0 Å². The Hall–Kier alpha value is -0.770. The van der Waals surface area contributed by atoms with Crippen molar-refractivity contribution >= 4 is 11.6 Å². The van der Waals surface area contributed by atoms with Crippen LogP contribution in [0.5, 0.6) is 5.75 Å². The Bertz CT molecular complexity index is 458. The van der Waals surface area contributed by atoms with Gasteiger partial charge in [0.05, 0.1) is 12.7 Å². The number of halogens is 1. The average Bonchev–Trinajstić information content (AvgIpc) is 3.05. The lowest BCUT2D eigenvalue weighted by Crippen LogP contribution is -2.15. The summed E-state index contributed by atoms with van der Waals surface area (Å²) < 4.78 is 11.4. The highest BCUT2D eigenvalue weighted by Crippen LogP contribution is 2.37. The highest BCUT2D eigenvalue weighted by Gasteiger charge is 2.23. The van der Waals surface area contributed by atoms with Gasteiger partial charge in [0, 0.05) is 29.7 Å². The molecule has 2 atom stereocenters. The Morgan fingerprint density at radius 3 is 3.05 bits per heavy atom. The van der Waals surface area contributed by atoms with E-state index in [2.05, 4.69) is 0 Å². The number of hydrogen-bond donors (Lipinski definition) is 1. The van der Waals surface area contributed by atoms with Crippen molar-refractivity contribution < 1.29 is 9.47 Å². The lowest BCUT2D eigenvalue weighted by atomic mass is 9.97. The second kappa shape index (κ2) is 5.70. The van der Waals surface area contributed by atoms with Crippen LogP contribution < -0.4 is 10.5 Å². The molecule has 0 spiro atoms. The normalized spacial score (nSPS) is 23.2. The molecular formula is C15H20ClNO2. The van der Waals surface area contributed by atoms with Gasteiger partial charge in [-0.2, -0.15) is 0 Å². The Labute approximate surface area is 119 Å². The lowest BCUT2D eigenvalue weighted by Gasteiger charge is -2.18. The van der Waals surface area contributed by atoms with Gasteiger partial charge in [-0.25, -0.2) is 0 Å². The van der Waals surface area contributed by atoms with Gasteiger partial charge < -0.3 is 15.2 Å². The molecule has 19 heavy (non-hydrogen) atoms. The lowest BCUT2D eigenvalue weighted by molar-refractivity contribution is 0.101. The summed E-state index contributed by atoms with van der Waals surface area (Å²) in [4.78, 5) is 0. The zero-order valence-corrected chi connectivity index (χ0v) is 11.8. The van der Waals surface area contributed by atoms with E-state index in [-0.39, 0.29) is 6.04 Å². The molecule has 4 heteroatoms. The predicted octanol–water partition coefficient (Wildman–Crippen LogP) is 3.23. The van der Waals surface area contributed by atoms with Crippen molar-refractivity contribution in [3.8, 4) is 5.75 Å². The summed E-state index contributed by atoms with van der Waals surface area (Å²) in [5.41, 5.74) is 8.56. The first-order valence-electron chi connectivity index (χ1n) is 7.06. The third-order valence-electron chi connectivity index (χ3n) is 4.00. The van der Waals surface area contributed by atoms with Gasteiger partial charge in [-0.05, 0) is 43.4 Å². The van der Waals surface area contributed by atoms with Crippen LogP contribution >= 0.6 is 11.6 Å². The standard InChI is InChI=1S/C15H20ClNO2/c16-11-8-10-5-7-19-15(10)13(9-11)14(17)4-3-12-2-1-6-18-12/h8-9,12,14H,1-7,17H2. The number of fused-ring (bicyclic) bond motifs is 1. The molecule has 2 aliphatic heterocycles. The van der Waals surface area contributed by atoms with Gasteiger partial charge in [0.1, 0.15) is 5.75 Å². The number of benzene rings is 1. The molecule has 3 nitrogen and oxygen atoms in total. The van der Waals surface area contributed by atoms with Crippen LogP contribution in [0, 0.1) is 0 Å². The van der Waals surface area contributed by atoms with E-state index in [1.807, 2.05) is 12.1 Å². The minimum absolute atomic E-state index is 0.0188. The van der Waals surface area contributed by atoms with E-state index in [4.69, 9.17) is 26.8 Å². The van der Waals surface area contributed by atoms with Crippen molar-refractivity contribution in [3.05, 3.63) is 28.3 Å². The van der Waals surface area contributed by atoms with E-state index in [9.17, 15) is 0 Å². The second-order valence-electron chi connectivity index (χ2n) is 5.40. The highest BCUT2D eigenvalue weighted by atomic mass is 35.5. The van der Waals surface area contributed by atoms with Crippen molar-refractivity contribution in [2.75, 3.05) is 13.2 Å². The maximum Gasteiger partial charge on any atom is 0.127 e. The van der Waals surface area contributed by atoms with E-state index in [0.717, 1.165) is 55.2 Å². The van der Waals surface area contributed by atoms with Gasteiger partial charge in [0.15, 0.2) is 0 Å². The molecule has 1 saturated heterocycles. The Kier molecular flexibility index (Phi) is 3.96. The summed E-state index contributed by atoms with van der Waals surface area (Å²) in [5.74, 6) is 0.962. The summed E-state index contributed by atoms with van der Waals surface area (Å²) in [7, 11) is 0. The minimum atomic E-state index is -0.0188. The van der Waals surface area contributed by atoms with E-state index in [1.54, 1.807) is 0 Å². The molecule has 0 aromatic heterocycles. The topological polar surface area (TPSA) is 44.5 Å². The van der Waals surface area contributed by atoms with E-state index >= 15 is 0 Å². The Morgan fingerprint density at radius 1 is 1.37 bits per heavy atom. The minimum Gasteiger partial charge on any atom is -0.493 e. The van der Waals surface area contributed by atoms with Gasteiger partial charge in [-0.3, -0.25) is 0 Å². The summed E-state index contributed by atoms with van der Waals surface area (Å²) in [5, 5.41) is 0.756. The third kappa shape index (κ3) is 2.88. The van der Waals surface area contributed by atoms with Gasteiger partial charge in [-0.1, -0.05) is 11.6 Å². The van der Waals surface area contributed by atoms with Gasteiger partial charge >= 0.3 is 0 Å². The Balaban J connectivity index is 1.70. The molecule has 0 radical (unpaired) electrons. The highest BCUT2D eigenvalue weighted by molar-refractivity contribution is 6.30. The Morgan fingerprint density at radius 2 is 2.26 bits per heavy atom. The third-order valence-corrected chi connectivity index (χ3v) is 4.22. The SMILES string of the molecule is NC(CCC1CCCO1)c1cc(Cl)cc2c1OCC2. The fourth-order valence-electron chi connectivity index (χ4n) is 2.97. The van der Waals surface area contributed by atoms with Crippen LogP contribution in [0.1, 0.15) is 42.9 Å². The van der Waals surface area contributed by atoms with Crippen LogP contribution in [0.15, 0.2) is 12.1 Å². The van der Waals surface area contributed by atoms with Crippen molar-refractivity contribution in [2.45, 2.75) is 44.2 Å². The van der Waals surface area contributed by atoms with Crippen LogP contribution in [0.25, 0.3) is 0 Å². The zero-order valence-electron chi connectivity index (χ0n) is 11.0. The number of ether oxygens (including phenoxy) is 2. The maximum absolute atomic E-state index is 6.32. The average molecular weight is 282 g/mol. The van der Waals surface area contributed by atoms with Crippen LogP contribution in [0.4, 0.5) is 0 Å². The molecule has 104 valence electrons. The van der Waals surface area contributed by atoms with Crippen molar-refractivity contribution in [3.63, 3.8) is 0 Å². The van der Waals surface area contributed by atoms with Crippen LogP contribution in [-0.4, -0.2) is 19.3 Å². The van der Waals surface area contributed by atoms with E-state index in [1.165, 1.54) is 12.0 Å². The van der Waals surface area contributed by atoms with Crippen LogP contribution in [-0.2, 0) is 11.2 Å². The number of rotatable bonds is 4. The molecule has 2 N–H and O–H groups in total. The number of nitrogens with two attached hydrogens (primary N) is 1. The number of hydrogen-bond acceptors (Lipinski definition) is 3. The van der Waals surface area contributed by atoms with Crippen molar-refractivity contribution in [1.82, 2.24) is 0 Å². The molecule has 0 amide bonds. The quantitative estimate of drug-likeness (QED) is 0.921. The first kappa shape index (κ1) is 13.2. The molecule has 1 aromatic carbocycles. The largest absolute Gasteiger partial charge is 0.493 e. The molecule has 2 aliphatic rings.